The Kier molecular flexibility index (Phi) is 1.85. The van der Waals surface area contributed by atoms with Crippen molar-refractivity contribution in [2.24, 2.45) is 0 Å². The zero-order chi connectivity index (χ0) is 8.48. The normalized spacial score (nSPS) is 11.5. The van der Waals surface area contributed by atoms with Gasteiger partial charge in [0.25, 0.3) is 0 Å². The van der Waals surface area contributed by atoms with Crippen LogP contribution in [-0.4, -0.2) is 4.98 Å². The summed E-state index contributed by atoms with van der Waals surface area (Å²) in [7, 11) is 0. The Morgan fingerprint density at radius 2 is 2.09 bits per heavy atom. The predicted octanol–water partition coefficient (Wildman–Crippen LogP) is 1.76. The summed E-state index contributed by atoms with van der Waals surface area (Å²) >= 11 is 0. The van der Waals surface area contributed by atoms with E-state index >= 15 is 0 Å². The molecule has 0 saturated heterocycles. The topological polar surface area (TPSA) is 38.9 Å². The average molecular weight is 149 g/mol. The Balaban J connectivity index is 3.06. The molecule has 0 aliphatic heterocycles. The second kappa shape index (κ2) is 2.53. The Morgan fingerprint density at radius 3 is 2.45 bits per heavy atom. The van der Waals surface area contributed by atoms with Gasteiger partial charge in [0.2, 0.25) is 0 Å². The van der Waals surface area contributed by atoms with Crippen molar-refractivity contribution < 1.29 is 0 Å². The van der Waals surface area contributed by atoms with E-state index in [2.05, 4.69) is 32.0 Å². The van der Waals surface area contributed by atoms with Crippen molar-refractivity contribution >= 4 is 5.69 Å². The Labute approximate surface area is 67.5 Å². The van der Waals surface area contributed by atoms with Gasteiger partial charge >= 0.3 is 0 Å². The second-order valence-electron chi connectivity index (χ2n) is 3.68. The summed E-state index contributed by atoms with van der Waals surface area (Å²) in [6.07, 6.45) is 4.53. The fraction of sp³-hybridized carbons (Fsp3) is 0.444. The molecule has 1 aromatic heterocycles. The van der Waals surface area contributed by atoms with Crippen LogP contribution in [0.25, 0.3) is 0 Å². The van der Waals surface area contributed by atoms with Gasteiger partial charge in [-0.05, 0) is 17.0 Å². The maximum Gasteiger partial charge on any atom is 0.0928 e. The van der Waals surface area contributed by atoms with Crippen LogP contribution in [-0.2, 0) is 5.41 Å². The number of pyridine rings is 1. The summed E-state index contributed by atoms with van der Waals surface area (Å²) < 4.78 is 0. The highest BCUT2D eigenvalue weighted by molar-refractivity contribution is 5.38. The molecule has 1 aromatic rings. The smallest absolute Gasteiger partial charge is 0.0928 e. The van der Waals surface area contributed by atoms with Crippen molar-refractivity contribution in [1.29, 1.82) is 0 Å². The molecule has 2 N–H and O–H groups in total. The minimum atomic E-state index is 0.0857. The highest BCUT2D eigenvalue weighted by Gasteiger charge is 2.13. The predicted molar refractivity (Wildman–Crippen MR) is 46.2 cm³/mol. The largest absolute Gasteiger partial charge is 0.397 e. The van der Waals surface area contributed by atoms with Crippen molar-refractivity contribution in [1.82, 2.24) is 4.98 Å². The highest BCUT2D eigenvalue weighted by atomic mass is 14.7. The number of nitrogen functional groups attached to an aromatic ring is 1. The monoisotopic (exact) mass is 149 g/mol. The Hall–Kier alpha value is -1.05. The first-order valence-electron chi connectivity index (χ1n) is 3.64. The lowest BCUT2D eigenvalue weighted by atomic mass is 9.88. The van der Waals surface area contributed by atoms with Crippen molar-refractivity contribution in [3.63, 3.8) is 0 Å². The maximum absolute atomic E-state index is 5.57. The molecule has 1 heterocycles. The van der Waals surface area contributed by atoms with E-state index in [1.165, 1.54) is 0 Å². The lowest BCUT2D eigenvalue weighted by Gasteiger charge is -2.17. The summed E-state index contributed by atoms with van der Waals surface area (Å²) in [6.45, 7) is 6.33. The molecule has 0 spiro atoms. The highest BCUT2D eigenvalue weighted by Crippen LogP contribution is 2.21. The molecule has 0 aliphatic rings. The van der Waals surface area contributed by atoms with Gasteiger partial charge in [-0.3, -0.25) is 4.98 Å². The molecule has 0 aromatic carbocycles. The molecule has 0 saturated carbocycles. The number of aromatic nitrogens is 1. The third-order valence-electron chi connectivity index (χ3n) is 1.52. The van der Waals surface area contributed by atoms with Gasteiger partial charge in [-0.15, -0.1) is 0 Å². The Bertz CT molecular complexity index is 248. The van der Waals surface area contributed by atoms with Crippen LogP contribution in [0.5, 0.6) is 0 Å². The van der Waals surface area contributed by atoms with E-state index in [4.69, 9.17) is 5.73 Å². The van der Waals surface area contributed by atoms with E-state index in [0.29, 0.717) is 5.69 Å². The van der Waals surface area contributed by atoms with Crippen molar-refractivity contribution in [2.45, 2.75) is 26.2 Å². The molecule has 0 atom stereocenters. The lowest BCUT2D eigenvalue weighted by molar-refractivity contribution is 0.586. The number of anilines is 1. The molecule has 0 bridgehead atoms. The quantitative estimate of drug-likeness (QED) is 0.610. The minimum absolute atomic E-state index is 0.0857. The molecule has 59 valence electrons. The van der Waals surface area contributed by atoms with Crippen molar-refractivity contribution in [2.75, 3.05) is 5.73 Å². The molecule has 11 heavy (non-hydrogen) atoms. The van der Waals surface area contributed by atoms with Gasteiger partial charge in [0.1, 0.15) is 0 Å². The Morgan fingerprint density at radius 1 is 1.45 bits per heavy atom. The fourth-order valence-corrected chi connectivity index (χ4v) is 0.797. The molecule has 0 amide bonds. The maximum atomic E-state index is 5.57. The molecular formula is C9H13N2. The number of nitrogens with two attached hydrogens (primary N) is 1. The molecule has 0 unspecified atom stereocenters. The van der Waals surface area contributed by atoms with Crippen LogP contribution in [0, 0.1) is 6.20 Å². The second-order valence-corrected chi connectivity index (χ2v) is 3.68. The number of hydrogen-bond acceptors (Lipinski definition) is 2. The first-order valence-corrected chi connectivity index (χ1v) is 3.64. The van der Waals surface area contributed by atoms with E-state index in [-0.39, 0.29) is 5.41 Å². The summed E-state index contributed by atoms with van der Waals surface area (Å²) in [4.78, 5) is 3.90. The molecule has 1 rings (SSSR count). The van der Waals surface area contributed by atoms with Crippen LogP contribution < -0.4 is 5.73 Å². The third-order valence-corrected chi connectivity index (χ3v) is 1.52. The van der Waals surface area contributed by atoms with Crippen LogP contribution >= 0.6 is 0 Å². The third kappa shape index (κ3) is 1.93. The number of rotatable bonds is 0. The van der Waals surface area contributed by atoms with Gasteiger partial charge in [0.15, 0.2) is 0 Å². The number of hydrogen-bond donors (Lipinski definition) is 1. The van der Waals surface area contributed by atoms with Gasteiger partial charge in [-0.25, -0.2) is 0 Å². The van der Waals surface area contributed by atoms with Gasteiger partial charge in [-0.1, -0.05) is 20.8 Å². The molecule has 2 heteroatoms. The van der Waals surface area contributed by atoms with E-state index < -0.39 is 0 Å². The van der Waals surface area contributed by atoms with Gasteiger partial charge < -0.3 is 5.73 Å². The van der Waals surface area contributed by atoms with E-state index in [9.17, 15) is 0 Å². The molecular weight excluding hydrogens is 136 g/mol. The minimum Gasteiger partial charge on any atom is -0.397 e. The lowest BCUT2D eigenvalue weighted by Crippen LogP contribution is -2.12. The van der Waals surface area contributed by atoms with Gasteiger partial charge in [-0.2, -0.15) is 0 Å². The van der Waals surface area contributed by atoms with E-state index in [0.717, 1.165) is 5.56 Å². The average Bonchev–Trinajstić information content (AvgIpc) is 1.86. The first kappa shape index (κ1) is 8.05. The molecule has 2 nitrogen and oxygen atoms in total. The van der Waals surface area contributed by atoms with Crippen molar-refractivity contribution in [3.8, 4) is 0 Å². The number of nitrogens with zero attached hydrogens (tertiary/aromatic N) is 1. The zero-order valence-electron chi connectivity index (χ0n) is 7.18. The van der Waals surface area contributed by atoms with Crippen LogP contribution in [0.4, 0.5) is 5.69 Å². The summed E-state index contributed by atoms with van der Waals surface area (Å²) in [5.41, 5.74) is 7.41. The standard InChI is InChI=1S/C9H13N2/c1-9(2,3)7-4-8(10)6-11-5-7/h4,6H,10H2,1-3H3. The van der Waals surface area contributed by atoms with E-state index in [1.54, 1.807) is 6.20 Å². The molecule has 1 radical (unpaired) electrons. The van der Waals surface area contributed by atoms with Gasteiger partial charge in [0, 0.05) is 0 Å². The molecule has 0 fully saturated rings. The van der Waals surface area contributed by atoms with Crippen LogP contribution in [0.15, 0.2) is 12.3 Å². The SMILES string of the molecule is CC(C)(C)c1[c]ncc(N)c1. The molecule has 0 aliphatic carbocycles. The van der Waals surface area contributed by atoms with Crippen LogP contribution in [0.3, 0.4) is 0 Å². The van der Waals surface area contributed by atoms with Crippen LogP contribution in [0.2, 0.25) is 0 Å². The van der Waals surface area contributed by atoms with Gasteiger partial charge in [0.05, 0.1) is 18.1 Å². The van der Waals surface area contributed by atoms with Crippen LogP contribution in [0.1, 0.15) is 26.3 Å². The first-order chi connectivity index (χ1) is 5.00. The van der Waals surface area contributed by atoms with E-state index in [1.807, 2.05) is 6.07 Å². The fourth-order valence-electron chi connectivity index (χ4n) is 0.797. The summed E-state index contributed by atoms with van der Waals surface area (Å²) in [5.74, 6) is 0. The summed E-state index contributed by atoms with van der Waals surface area (Å²) in [6, 6.07) is 1.91. The zero-order valence-corrected chi connectivity index (χ0v) is 7.18. The van der Waals surface area contributed by atoms with Crippen molar-refractivity contribution in [3.05, 3.63) is 24.0 Å². The summed E-state index contributed by atoms with van der Waals surface area (Å²) in [5, 5.41) is 0.